The number of hydrogen-bond donors (Lipinski definition) is 2. The van der Waals surface area contributed by atoms with Crippen molar-refractivity contribution < 1.29 is 5.11 Å². The Morgan fingerprint density at radius 3 is 2.38 bits per heavy atom. The first-order valence-electron chi connectivity index (χ1n) is 6.63. The summed E-state index contributed by atoms with van der Waals surface area (Å²) < 4.78 is 0. The van der Waals surface area contributed by atoms with Crippen LogP contribution in [0.5, 0.6) is 5.75 Å². The van der Waals surface area contributed by atoms with E-state index in [-0.39, 0.29) is 5.75 Å². The molecule has 0 aliphatic heterocycles. The van der Waals surface area contributed by atoms with Gasteiger partial charge in [-0.25, -0.2) is 9.97 Å². The van der Waals surface area contributed by atoms with Crippen molar-refractivity contribution in [2.24, 2.45) is 0 Å². The fourth-order valence-electron chi connectivity index (χ4n) is 2.22. The quantitative estimate of drug-likeness (QED) is 0.704. The molecule has 3 aromatic rings. The molecule has 0 bridgehead atoms. The molecular weight excluding hydrogens is 262 g/mol. The van der Waals surface area contributed by atoms with Gasteiger partial charge in [-0.1, -0.05) is 24.3 Å². The third-order valence-corrected chi connectivity index (χ3v) is 3.29. The Morgan fingerprint density at radius 1 is 0.952 bits per heavy atom. The van der Waals surface area contributed by atoms with Gasteiger partial charge >= 0.3 is 0 Å². The largest absolute Gasteiger partial charge is 0.507 e. The zero-order chi connectivity index (χ0) is 14.8. The molecule has 0 atom stereocenters. The minimum Gasteiger partial charge on any atom is -0.507 e. The Labute approximate surface area is 122 Å². The van der Waals surface area contributed by atoms with Crippen molar-refractivity contribution in [1.29, 1.82) is 0 Å². The van der Waals surface area contributed by atoms with Gasteiger partial charge in [-0.15, -0.1) is 0 Å². The van der Waals surface area contributed by atoms with Crippen LogP contribution < -0.4 is 5.73 Å². The maximum Gasteiger partial charge on any atom is 0.125 e. The molecule has 21 heavy (non-hydrogen) atoms. The first-order chi connectivity index (χ1) is 10.1. The van der Waals surface area contributed by atoms with Crippen LogP contribution in [0.4, 0.5) is 5.69 Å². The third-order valence-electron chi connectivity index (χ3n) is 3.29. The van der Waals surface area contributed by atoms with Crippen LogP contribution in [0.2, 0.25) is 0 Å². The van der Waals surface area contributed by atoms with Gasteiger partial charge in [0.05, 0.1) is 5.69 Å². The van der Waals surface area contributed by atoms with Crippen molar-refractivity contribution in [2.45, 2.75) is 6.92 Å². The monoisotopic (exact) mass is 277 g/mol. The van der Waals surface area contributed by atoms with E-state index >= 15 is 0 Å². The van der Waals surface area contributed by atoms with Gasteiger partial charge in [0, 0.05) is 23.0 Å². The van der Waals surface area contributed by atoms with Gasteiger partial charge in [-0.2, -0.15) is 0 Å². The number of phenolic OH excluding ortho intramolecular Hbond substituents is 1. The summed E-state index contributed by atoms with van der Waals surface area (Å²) in [6, 6.07) is 14.7. The number of aryl methyl sites for hydroxylation is 1. The molecule has 4 heteroatoms. The Kier molecular flexibility index (Phi) is 3.28. The van der Waals surface area contributed by atoms with Gasteiger partial charge in [0.1, 0.15) is 11.6 Å². The maximum atomic E-state index is 10.1. The Balaban J connectivity index is 2.23. The smallest absolute Gasteiger partial charge is 0.125 e. The summed E-state index contributed by atoms with van der Waals surface area (Å²) in [5.74, 6) is 0.861. The van der Waals surface area contributed by atoms with E-state index in [0.717, 1.165) is 11.1 Å². The summed E-state index contributed by atoms with van der Waals surface area (Å²) in [5.41, 5.74) is 9.66. The second-order valence-corrected chi connectivity index (χ2v) is 4.82. The van der Waals surface area contributed by atoms with Gasteiger partial charge in [-0.05, 0) is 36.8 Å². The molecule has 0 fully saturated rings. The van der Waals surface area contributed by atoms with Crippen molar-refractivity contribution in [3.8, 4) is 28.1 Å². The van der Waals surface area contributed by atoms with E-state index < -0.39 is 0 Å². The molecular formula is C17H15N3O. The summed E-state index contributed by atoms with van der Waals surface area (Å²) in [7, 11) is 0. The zero-order valence-electron chi connectivity index (χ0n) is 11.6. The lowest BCUT2D eigenvalue weighted by atomic mass is 10.00. The molecule has 3 rings (SSSR count). The number of phenols is 1. The lowest BCUT2D eigenvalue weighted by molar-refractivity contribution is 0.477. The molecule has 0 aliphatic carbocycles. The van der Waals surface area contributed by atoms with E-state index in [1.165, 1.54) is 0 Å². The number of nitrogens with two attached hydrogens (primary N) is 1. The van der Waals surface area contributed by atoms with Crippen molar-refractivity contribution in [3.05, 3.63) is 60.6 Å². The molecule has 0 unspecified atom stereocenters. The number of benzene rings is 2. The second kappa shape index (κ2) is 5.25. The van der Waals surface area contributed by atoms with Gasteiger partial charge < -0.3 is 10.8 Å². The lowest BCUT2D eigenvalue weighted by Crippen LogP contribution is -1.95. The number of anilines is 1. The highest BCUT2D eigenvalue weighted by Gasteiger charge is 2.13. The molecule has 3 N–H and O–H groups in total. The van der Waals surface area contributed by atoms with E-state index in [1.807, 2.05) is 43.3 Å². The number of aromatic nitrogens is 2. The molecule has 0 radical (unpaired) electrons. The molecule has 0 saturated heterocycles. The predicted molar refractivity (Wildman–Crippen MR) is 83.7 cm³/mol. The number of para-hydroxylation sites is 1. The first-order valence-corrected chi connectivity index (χ1v) is 6.63. The van der Waals surface area contributed by atoms with Crippen LogP contribution in [0, 0.1) is 6.92 Å². The summed E-state index contributed by atoms with van der Waals surface area (Å²) in [6.07, 6.45) is 1.77. The van der Waals surface area contributed by atoms with Crippen molar-refractivity contribution >= 4 is 5.69 Å². The highest BCUT2D eigenvalue weighted by atomic mass is 16.3. The fourth-order valence-corrected chi connectivity index (χ4v) is 2.22. The van der Waals surface area contributed by atoms with E-state index in [9.17, 15) is 5.11 Å². The second-order valence-electron chi connectivity index (χ2n) is 4.82. The topological polar surface area (TPSA) is 72.0 Å². The average Bonchev–Trinajstić information content (AvgIpc) is 2.49. The number of nitrogens with zero attached hydrogens (tertiary/aromatic N) is 2. The lowest BCUT2D eigenvalue weighted by Gasteiger charge is -2.11. The van der Waals surface area contributed by atoms with Gasteiger partial charge in [-0.3, -0.25) is 0 Å². The number of nitrogen functional groups attached to an aromatic ring is 1. The molecule has 0 aliphatic rings. The third kappa shape index (κ3) is 2.56. The van der Waals surface area contributed by atoms with E-state index in [4.69, 9.17) is 5.73 Å². The summed E-state index contributed by atoms with van der Waals surface area (Å²) in [6.45, 7) is 1.83. The van der Waals surface area contributed by atoms with Crippen LogP contribution in [0.1, 0.15) is 5.82 Å². The maximum absolute atomic E-state index is 10.1. The van der Waals surface area contributed by atoms with Crippen LogP contribution in [0.15, 0.2) is 54.7 Å². The number of aromatic hydroxyl groups is 1. The van der Waals surface area contributed by atoms with Crippen LogP contribution in [-0.2, 0) is 0 Å². The van der Waals surface area contributed by atoms with Gasteiger partial charge in [0.25, 0.3) is 0 Å². The molecule has 1 heterocycles. The summed E-state index contributed by atoms with van der Waals surface area (Å²) in [4.78, 5) is 8.77. The molecule has 4 nitrogen and oxygen atoms in total. The van der Waals surface area contributed by atoms with Crippen molar-refractivity contribution in [2.75, 3.05) is 5.73 Å². The molecule has 1 aromatic heterocycles. The Bertz CT molecular complexity index is 782. The van der Waals surface area contributed by atoms with Crippen LogP contribution in [0.3, 0.4) is 0 Å². The van der Waals surface area contributed by atoms with Gasteiger partial charge in [0.2, 0.25) is 0 Å². The van der Waals surface area contributed by atoms with Crippen molar-refractivity contribution in [1.82, 2.24) is 9.97 Å². The van der Waals surface area contributed by atoms with Crippen LogP contribution >= 0.6 is 0 Å². The van der Waals surface area contributed by atoms with Crippen LogP contribution in [0.25, 0.3) is 22.4 Å². The number of hydrogen-bond acceptors (Lipinski definition) is 4. The van der Waals surface area contributed by atoms with Crippen LogP contribution in [-0.4, -0.2) is 15.1 Å². The average molecular weight is 277 g/mol. The number of rotatable bonds is 2. The van der Waals surface area contributed by atoms with Crippen molar-refractivity contribution in [3.63, 3.8) is 0 Å². The summed E-state index contributed by atoms with van der Waals surface area (Å²) in [5, 5.41) is 10.1. The zero-order valence-corrected chi connectivity index (χ0v) is 11.6. The van der Waals surface area contributed by atoms with E-state index in [0.29, 0.717) is 22.8 Å². The first kappa shape index (κ1) is 13.1. The molecule has 0 spiro atoms. The SMILES string of the molecule is Cc1ncc(-c2ccc(N)cc2)c(-c2ccccc2O)n1. The minimum absolute atomic E-state index is 0.201. The molecule has 0 amide bonds. The summed E-state index contributed by atoms with van der Waals surface area (Å²) >= 11 is 0. The molecule has 104 valence electrons. The predicted octanol–water partition coefficient (Wildman–Crippen LogP) is 3.41. The van der Waals surface area contributed by atoms with Gasteiger partial charge in [0.15, 0.2) is 0 Å². The highest BCUT2D eigenvalue weighted by molar-refractivity contribution is 5.83. The Hall–Kier alpha value is -2.88. The standard InChI is InChI=1S/C17H15N3O/c1-11-19-10-15(12-6-8-13(18)9-7-12)17(20-11)14-4-2-3-5-16(14)21/h2-10,21H,18H2,1H3. The highest BCUT2D eigenvalue weighted by Crippen LogP contribution is 2.34. The molecule has 0 saturated carbocycles. The normalized spacial score (nSPS) is 10.5. The fraction of sp³-hybridized carbons (Fsp3) is 0.0588. The Morgan fingerprint density at radius 2 is 1.67 bits per heavy atom. The van der Waals surface area contributed by atoms with E-state index in [2.05, 4.69) is 9.97 Å². The van der Waals surface area contributed by atoms with E-state index in [1.54, 1.807) is 18.3 Å². The molecule has 2 aromatic carbocycles. The minimum atomic E-state index is 0.201.